The first-order valence-corrected chi connectivity index (χ1v) is 8.87. The molecule has 1 fully saturated rings. The molecule has 27 heavy (non-hydrogen) atoms. The second kappa shape index (κ2) is 8.20. The molecule has 1 aromatic heterocycles. The highest BCUT2D eigenvalue weighted by Gasteiger charge is 2.21. The van der Waals surface area contributed by atoms with Crippen LogP contribution < -0.4 is 4.74 Å². The molecule has 0 saturated heterocycles. The quantitative estimate of drug-likeness (QED) is 0.689. The molecule has 0 radical (unpaired) electrons. The fourth-order valence-corrected chi connectivity index (χ4v) is 2.82. The molecule has 1 amide bonds. The van der Waals surface area contributed by atoms with Gasteiger partial charge in [0.05, 0.1) is 25.8 Å². The third-order valence-electron chi connectivity index (χ3n) is 4.58. The molecule has 1 heterocycles. The van der Waals surface area contributed by atoms with Crippen LogP contribution in [0, 0.1) is 12.8 Å². The van der Waals surface area contributed by atoms with E-state index in [1.807, 2.05) is 0 Å². The minimum absolute atomic E-state index is 0.191. The molecule has 1 saturated carbocycles. The van der Waals surface area contributed by atoms with Crippen LogP contribution in [0.4, 0.5) is 0 Å². The molecule has 2 aromatic rings. The Morgan fingerprint density at radius 2 is 2.00 bits per heavy atom. The van der Waals surface area contributed by atoms with E-state index in [1.54, 1.807) is 26.1 Å². The Bertz CT molecular complexity index is 829. The maximum atomic E-state index is 12.8. The predicted octanol–water partition coefficient (Wildman–Crippen LogP) is 2.62. The van der Waals surface area contributed by atoms with Gasteiger partial charge in [-0.25, -0.2) is 4.79 Å². The zero-order valence-corrected chi connectivity index (χ0v) is 15.7. The predicted molar refractivity (Wildman–Crippen MR) is 95.5 cm³/mol. The van der Waals surface area contributed by atoms with Crippen molar-refractivity contribution in [3.05, 3.63) is 41.0 Å². The summed E-state index contributed by atoms with van der Waals surface area (Å²) in [6.45, 7) is 2.46. The van der Waals surface area contributed by atoms with Crippen molar-refractivity contribution in [2.45, 2.75) is 32.7 Å². The van der Waals surface area contributed by atoms with Gasteiger partial charge in [0.15, 0.2) is 5.82 Å². The van der Waals surface area contributed by atoms with Gasteiger partial charge in [0.25, 0.3) is 5.91 Å². The summed E-state index contributed by atoms with van der Waals surface area (Å²) >= 11 is 0. The molecule has 0 spiro atoms. The largest absolute Gasteiger partial charge is 0.493 e. The van der Waals surface area contributed by atoms with Gasteiger partial charge in [0.2, 0.25) is 5.89 Å². The SMILES string of the molecule is COC(=O)c1cc(OCC2CCC2)cc(C(=O)N(C)Cc2noc(C)n2)c1. The van der Waals surface area contributed by atoms with Crippen LogP contribution in [0.2, 0.25) is 0 Å². The fraction of sp³-hybridized carbons (Fsp3) is 0.474. The normalized spacial score (nSPS) is 13.7. The first-order valence-electron chi connectivity index (χ1n) is 8.87. The van der Waals surface area contributed by atoms with Gasteiger partial charge in [-0.2, -0.15) is 4.98 Å². The number of benzene rings is 1. The Hall–Kier alpha value is -2.90. The lowest BCUT2D eigenvalue weighted by Crippen LogP contribution is -2.27. The minimum atomic E-state index is -0.519. The number of carbonyl (C=O) groups excluding carboxylic acids is 2. The number of ether oxygens (including phenoxy) is 2. The summed E-state index contributed by atoms with van der Waals surface area (Å²) in [4.78, 5) is 30.3. The average molecular weight is 373 g/mol. The average Bonchev–Trinajstić information content (AvgIpc) is 3.03. The highest BCUT2D eigenvalue weighted by molar-refractivity contribution is 5.98. The van der Waals surface area contributed by atoms with Gasteiger partial charge >= 0.3 is 5.97 Å². The maximum absolute atomic E-state index is 12.8. The van der Waals surface area contributed by atoms with Gasteiger partial charge in [-0.05, 0) is 37.0 Å². The summed E-state index contributed by atoms with van der Waals surface area (Å²) in [6, 6.07) is 4.75. The summed E-state index contributed by atoms with van der Waals surface area (Å²) in [5.41, 5.74) is 0.611. The molecular weight excluding hydrogens is 350 g/mol. The molecule has 0 bridgehead atoms. The van der Waals surface area contributed by atoms with Crippen LogP contribution in [0.1, 0.15) is 51.7 Å². The van der Waals surface area contributed by atoms with E-state index in [0.717, 1.165) is 12.8 Å². The van der Waals surface area contributed by atoms with Gasteiger partial charge in [-0.15, -0.1) is 0 Å². The van der Waals surface area contributed by atoms with Crippen LogP contribution in [0.15, 0.2) is 22.7 Å². The smallest absolute Gasteiger partial charge is 0.338 e. The van der Waals surface area contributed by atoms with Gasteiger partial charge in [0.1, 0.15) is 5.75 Å². The van der Waals surface area contributed by atoms with Crippen molar-refractivity contribution in [2.75, 3.05) is 20.8 Å². The number of aromatic nitrogens is 2. The number of hydrogen-bond donors (Lipinski definition) is 0. The van der Waals surface area contributed by atoms with Crippen LogP contribution in [-0.4, -0.2) is 47.7 Å². The standard InChI is InChI=1S/C19H23N3O5/c1-12-20-17(21-27-12)10-22(2)18(23)14-7-15(19(24)25-3)9-16(8-14)26-11-13-5-4-6-13/h7-9,13H,4-6,10-11H2,1-3H3. The lowest BCUT2D eigenvalue weighted by atomic mass is 9.86. The zero-order chi connectivity index (χ0) is 19.4. The molecule has 144 valence electrons. The molecule has 0 unspecified atom stereocenters. The number of carbonyl (C=O) groups is 2. The fourth-order valence-electron chi connectivity index (χ4n) is 2.82. The van der Waals surface area contributed by atoms with Gasteiger partial charge < -0.3 is 18.9 Å². The topological polar surface area (TPSA) is 94.8 Å². The highest BCUT2D eigenvalue weighted by Crippen LogP contribution is 2.28. The molecule has 8 heteroatoms. The Morgan fingerprint density at radius 3 is 2.59 bits per heavy atom. The lowest BCUT2D eigenvalue weighted by molar-refractivity contribution is 0.0600. The second-order valence-electron chi connectivity index (χ2n) is 6.74. The van der Waals surface area contributed by atoms with Gasteiger partial charge in [-0.3, -0.25) is 4.79 Å². The van der Waals surface area contributed by atoms with Crippen molar-refractivity contribution < 1.29 is 23.6 Å². The molecule has 1 aliphatic rings. The van der Waals surface area contributed by atoms with E-state index < -0.39 is 5.97 Å². The summed E-state index contributed by atoms with van der Waals surface area (Å²) in [5.74, 6) is 1.07. The minimum Gasteiger partial charge on any atom is -0.493 e. The molecule has 0 aliphatic heterocycles. The van der Waals surface area contributed by atoms with E-state index in [1.165, 1.54) is 24.5 Å². The van der Waals surface area contributed by atoms with E-state index in [2.05, 4.69) is 10.1 Å². The number of nitrogens with zero attached hydrogens (tertiary/aromatic N) is 3. The maximum Gasteiger partial charge on any atom is 0.338 e. The number of amides is 1. The number of rotatable bonds is 7. The highest BCUT2D eigenvalue weighted by atomic mass is 16.5. The van der Waals surface area contributed by atoms with Crippen LogP contribution in [0.5, 0.6) is 5.75 Å². The van der Waals surface area contributed by atoms with Crippen LogP contribution >= 0.6 is 0 Å². The van der Waals surface area contributed by atoms with E-state index >= 15 is 0 Å². The van der Waals surface area contributed by atoms with E-state index in [4.69, 9.17) is 14.0 Å². The van der Waals surface area contributed by atoms with Crippen LogP contribution in [0.25, 0.3) is 0 Å². The molecule has 1 aromatic carbocycles. The van der Waals surface area contributed by atoms with Crippen molar-refractivity contribution in [2.24, 2.45) is 5.92 Å². The summed E-state index contributed by atoms with van der Waals surface area (Å²) in [7, 11) is 2.93. The first-order chi connectivity index (χ1) is 13.0. The van der Waals surface area contributed by atoms with Crippen molar-refractivity contribution in [1.29, 1.82) is 0 Å². The Balaban J connectivity index is 1.78. The molecule has 1 aliphatic carbocycles. The Morgan fingerprint density at radius 1 is 1.26 bits per heavy atom. The molecule has 0 N–H and O–H groups in total. The number of aryl methyl sites for hydroxylation is 1. The van der Waals surface area contributed by atoms with Crippen molar-refractivity contribution in [3.8, 4) is 5.75 Å². The molecular formula is C19H23N3O5. The molecule has 8 nitrogen and oxygen atoms in total. The van der Waals surface area contributed by atoms with Crippen LogP contribution in [-0.2, 0) is 11.3 Å². The summed E-state index contributed by atoms with van der Waals surface area (Å²) < 4.78 is 15.5. The van der Waals surface area contributed by atoms with Crippen LogP contribution in [0.3, 0.4) is 0 Å². The van der Waals surface area contributed by atoms with Crippen molar-refractivity contribution in [3.63, 3.8) is 0 Å². The first kappa shape index (κ1) is 18.9. The van der Waals surface area contributed by atoms with Crippen molar-refractivity contribution >= 4 is 11.9 Å². The molecule has 3 rings (SSSR count). The van der Waals surface area contributed by atoms with E-state index in [-0.39, 0.29) is 18.0 Å². The summed E-state index contributed by atoms with van der Waals surface area (Å²) in [5, 5.41) is 3.79. The van der Waals surface area contributed by atoms with E-state index in [9.17, 15) is 9.59 Å². The van der Waals surface area contributed by atoms with E-state index in [0.29, 0.717) is 35.6 Å². The number of esters is 1. The molecule has 0 atom stereocenters. The number of hydrogen-bond acceptors (Lipinski definition) is 7. The summed E-state index contributed by atoms with van der Waals surface area (Å²) in [6.07, 6.45) is 3.52. The monoisotopic (exact) mass is 373 g/mol. The Kier molecular flexibility index (Phi) is 5.73. The number of methoxy groups -OCH3 is 1. The second-order valence-corrected chi connectivity index (χ2v) is 6.74. The third-order valence-corrected chi connectivity index (χ3v) is 4.58. The third kappa shape index (κ3) is 4.64. The van der Waals surface area contributed by atoms with Gasteiger partial charge in [0, 0.05) is 19.5 Å². The Labute approximate surface area is 157 Å². The zero-order valence-electron chi connectivity index (χ0n) is 15.7. The van der Waals surface area contributed by atoms with Crippen molar-refractivity contribution in [1.82, 2.24) is 15.0 Å². The lowest BCUT2D eigenvalue weighted by Gasteiger charge is -2.25. The van der Waals surface area contributed by atoms with Gasteiger partial charge in [-0.1, -0.05) is 11.6 Å².